The summed E-state index contributed by atoms with van der Waals surface area (Å²) in [5.74, 6) is -0.442. The zero-order valence-corrected chi connectivity index (χ0v) is 14.7. The Morgan fingerprint density at radius 3 is 2.77 bits per heavy atom. The number of nitrogens with zero attached hydrogens (tertiary/aromatic N) is 3. The van der Waals surface area contributed by atoms with Gasteiger partial charge in [-0.3, -0.25) is 9.59 Å². The molecule has 0 saturated carbocycles. The Morgan fingerprint density at radius 1 is 1.23 bits per heavy atom. The third-order valence-electron chi connectivity index (χ3n) is 4.04. The fraction of sp³-hybridized carbons (Fsp3) is 0.111. The van der Waals surface area contributed by atoms with Crippen molar-refractivity contribution in [1.82, 2.24) is 24.9 Å². The Balaban J connectivity index is 1.54. The zero-order valence-electron chi connectivity index (χ0n) is 13.8. The predicted octanol–water partition coefficient (Wildman–Crippen LogP) is 2.64. The minimum absolute atomic E-state index is 0.0654. The molecule has 3 aromatic heterocycles. The number of aromatic amines is 1. The smallest absolute Gasteiger partial charge is 0.261 e. The molecule has 0 radical (unpaired) electrons. The van der Waals surface area contributed by atoms with Gasteiger partial charge in [-0.2, -0.15) is 5.10 Å². The first-order chi connectivity index (χ1) is 12.6. The van der Waals surface area contributed by atoms with E-state index < -0.39 is 11.5 Å². The normalized spacial score (nSPS) is 12.2. The number of hydrogen-bond donors (Lipinski definition) is 2. The summed E-state index contributed by atoms with van der Waals surface area (Å²) in [6.45, 7) is 1.82. The summed E-state index contributed by atoms with van der Waals surface area (Å²) in [5.41, 5.74) is 3.58. The van der Waals surface area contributed by atoms with E-state index in [9.17, 15) is 9.59 Å². The van der Waals surface area contributed by atoms with E-state index in [0.717, 1.165) is 10.5 Å². The number of carbonyl (C=O) groups is 1. The summed E-state index contributed by atoms with van der Waals surface area (Å²) in [6.07, 6.45) is 1.76. The highest BCUT2D eigenvalue weighted by molar-refractivity contribution is 7.14. The van der Waals surface area contributed by atoms with Crippen molar-refractivity contribution in [2.75, 3.05) is 0 Å². The van der Waals surface area contributed by atoms with Gasteiger partial charge in [0.15, 0.2) is 0 Å². The highest BCUT2D eigenvalue weighted by Crippen LogP contribution is 2.17. The second-order valence-electron chi connectivity index (χ2n) is 5.81. The first-order valence-corrected chi connectivity index (χ1v) is 8.88. The predicted molar refractivity (Wildman–Crippen MR) is 99.2 cm³/mol. The minimum atomic E-state index is -0.442. The number of pyridine rings is 1. The Hall–Kier alpha value is -3.26. The zero-order chi connectivity index (χ0) is 18.1. The molecule has 1 atom stereocenters. The number of imidazole rings is 1. The van der Waals surface area contributed by atoms with Crippen LogP contribution >= 0.6 is 11.3 Å². The first kappa shape index (κ1) is 16.2. The van der Waals surface area contributed by atoms with E-state index in [1.54, 1.807) is 22.3 Å². The number of rotatable bonds is 4. The van der Waals surface area contributed by atoms with Crippen molar-refractivity contribution in [3.63, 3.8) is 0 Å². The molecule has 0 saturated heterocycles. The third kappa shape index (κ3) is 3.02. The molecule has 1 aromatic carbocycles. The van der Waals surface area contributed by atoms with Crippen molar-refractivity contribution in [2.45, 2.75) is 13.0 Å². The van der Waals surface area contributed by atoms with Crippen molar-refractivity contribution in [3.05, 3.63) is 75.8 Å². The van der Waals surface area contributed by atoms with Crippen LogP contribution in [0.3, 0.4) is 0 Å². The highest BCUT2D eigenvalue weighted by Gasteiger charge is 2.17. The lowest BCUT2D eigenvalue weighted by atomic mass is 10.1. The summed E-state index contributed by atoms with van der Waals surface area (Å²) >= 11 is 1.42. The topological polar surface area (TPSA) is 92.2 Å². The van der Waals surface area contributed by atoms with Crippen molar-refractivity contribution in [1.29, 1.82) is 0 Å². The van der Waals surface area contributed by atoms with Crippen LogP contribution in [0.25, 0.3) is 16.2 Å². The molecular formula is C18H15N5O2S. The van der Waals surface area contributed by atoms with Gasteiger partial charge >= 0.3 is 0 Å². The minimum Gasteiger partial charge on any atom is -0.344 e. The van der Waals surface area contributed by atoms with Gasteiger partial charge in [0.2, 0.25) is 4.96 Å². The Bertz CT molecular complexity index is 1100. The first-order valence-electron chi connectivity index (χ1n) is 8.00. The number of aromatic nitrogens is 4. The van der Waals surface area contributed by atoms with Gasteiger partial charge in [0, 0.05) is 5.69 Å². The summed E-state index contributed by atoms with van der Waals surface area (Å²) in [5, 5.41) is 6.92. The number of hydrogen-bond acceptors (Lipinski definition) is 5. The quantitative estimate of drug-likeness (QED) is 0.581. The largest absolute Gasteiger partial charge is 0.344 e. The Labute approximate surface area is 152 Å². The van der Waals surface area contributed by atoms with Gasteiger partial charge in [-0.15, -0.1) is 0 Å². The molecule has 0 bridgehead atoms. The lowest BCUT2D eigenvalue weighted by molar-refractivity contribution is 0.0937. The number of amides is 1. The van der Waals surface area contributed by atoms with E-state index in [2.05, 4.69) is 20.4 Å². The number of benzene rings is 1. The molecule has 26 heavy (non-hydrogen) atoms. The summed E-state index contributed by atoms with van der Waals surface area (Å²) < 4.78 is 1.66. The molecule has 4 aromatic rings. The molecule has 8 heteroatoms. The van der Waals surface area contributed by atoms with Crippen LogP contribution in [-0.4, -0.2) is 25.5 Å². The third-order valence-corrected chi connectivity index (χ3v) is 4.72. The summed E-state index contributed by atoms with van der Waals surface area (Å²) in [7, 11) is 0. The van der Waals surface area contributed by atoms with E-state index >= 15 is 0 Å². The molecule has 0 aliphatic heterocycles. The lowest BCUT2D eigenvalue weighted by Gasteiger charge is -2.11. The van der Waals surface area contributed by atoms with Gasteiger partial charge in [-0.25, -0.2) is 9.50 Å². The maximum atomic E-state index is 12.5. The van der Waals surface area contributed by atoms with Crippen LogP contribution in [0.15, 0.2) is 59.0 Å². The van der Waals surface area contributed by atoms with Crippen molar-refractivity contribution in [2.24, 2.45) is 0 Å². The molecule has 2 N–H and O–H groups in total. The van der Waals surface area contributed by atoms with E-state index in [-0.39, 0.29) is 11.6 Å². The second-order valence-corrected chi connectivity index (χ2v) is 6.62. The van der Waals surface area contributed by atoms with E-state index in [0.29, 0.717) is 11.4 Å². The van der Waals surface area contributed by atoms with E-state index in [1.165, 1.54) is 17.4 Å². The molecule has 0 spiro atoms. The molecule has 7 nitrogen and oxygen atoms in total. The molecule has 0 fully saturated rings. The Morgan fingerprint density at radius 2 is 2.04 bits per heavy atom. The molecule has 0 unspecified atom stereocenters. The molecule has 1 amide bonds. The van der Waals surface area contributed by atoms with Crippen molar-refractivity contribution in [3.8, 4) is 11.3 Å². The van der Waals surface area contributed by atoms with Crippen LogP contribution in [-0.2, 0) is 0 Å². The SMILES string of the molecule is C[C@H](NC(=O)c1ccc(-c2ccccc2)[nH]c1=O)c1cn2ncsc2n1. The highest BCUT2D eigenvalue weighted by atomic mass is 32.1. The second kappa shape index (κ2) is 6.57. The molecule has 0 aliphatic rings. The van der Waals surface area contributed by atoms with Crippen LogP contribution in [0.5, 0.6) is 0 Å². The van der Waals surface area contributed by atoms with Crippen LogP contribution in [0.1, 0.15) is 29.0 Å². The van der Waals surface area contributed by atoms with E-state index in [4.69, 9.17) is 0 Å². The Kier molecular flexibility index (Phi) is 4.10. The average molecular weight is 365 g/mol. The van der Waals surface area contributed by atoms with Crippen LogP contribution in [0, 0.1) is 0 Å². The van der Waals surface area contributed by atoms with Gasteiger partial charge < -0.3 is 10.3 Å². The monoisotopic (exact) mass is 365 g/mol. The van der Waals surface area contributed by atoms with Crippen LogP contribution in [0.2, 0.25) is 0 Å². The molecule has 3 heterocycles. The van der Waals surface area contributed by atoms with Gasteiger partial charge in [0.05, 0.1) is 17.9 Å². The molecule has 4 rings (SSSR count). The standard InChI is InChI=1S/C18H15N5O2S/c1-11(15-9-23-18(22-15)26-10-19-23)20-16(24)13-7-8-14(21-17(13)25)12-5-3-2-4-6-12/h2-11H,1H3,(H,20,24)(H,21,25)/t11-/m0/s1. The fourth-order valence-corrected chi connectivity index (χ4v) is 3.26. The molecule has 0 aliphatic carbocycles. The fourth-order valence-electron chi connectivity index (χ4n) is 2.65. The lowest BCUT2D eigenvalue weighted by Crippen LogP contribution is -2.31. The number of carbonyl (C=O) groups excluding carboxylic acids is 1. The van der Waals surface area contributed by atoms with Crippen LogP contribution < -0.4 is 10.9 Å². The maximum Gasteiger partial charge on any atom is 0.261 e. The number of nitrogens with one attached hydrogen (secondary N) is 2. The van der Waals surface area contributed by atoms with Crippen LogP contribution in [0.4, 0.5) is 0 Å². The van der Waals surface area contributed by atoms with Gasteiger partial charge in [-0.1, -0.05) is 41.7 Å². The molecular weight excluding hydrogens is 350 g/mol. The van der Waals surface area contributed by atoms with E-state index in [1.807, 2.05) is 37.3 Å². The summed E-state index contributed by atoms with van der Waals surface area (Å²) in [4.78, 5) is 32.7. The van der Waals surface area contributed by atoms with Gasteiger partial charge in [-0.05, 0) is 24.6 Å². The summed E-state index contributed by atoms with van der Waals surface area (Å²) in [6, 6.07) is 12.4. The number of fused-ring (bicyclic) bond motifs is 1. The van der Waals surface area contributed by atoms with Crippen molar-refractivity contribution >= 4 is 22.2 Å². The van der Waals surface area contributed by atoms with Gasteiger partial charge in [0.25, 0.3) is 11.5 Å². The average Bonchev–Trinajstić information content (AvgIpc) is 3.24. The molecule has 130 valence electrons. The van der Waals surface area contributed by atoms with Crippen molar-refractivity contribution < 1.29 is 4.79 Å². The van der Waals surface area contributed by atoms with Gasteiger partial charge in [0.1, 0.15) is 11.1 Å². The number of H-pyrrole nitrogens is 1. The maximum absolute atomic E-state index is 12.5.